The van der Waals surface area contributed by atoms with Crippen LogP contribution in [0.2, 0.25) is 0 Å². The normalized spacial score (nSPS) is 11.8. The predicted molar refractivity (Wildman–Crippen MR) is 116 cm³/mol. The van der Waals surface area contributed by atoms with Crippen LogP contribution in [0.3, 0.4) is 0 Å². The van der Waals surface area contributed by atoms with Gasteiger partial charge < -0.3 is 10.2 Å². The summed E-state index contributed by atoms with van der Waals surface area (Å²) in [6, 6.07) is 0. The highest BCUT2D eigenvalue weighted by Gasteiger charge is 2.20. The molecule has 0 saturated heterocycles. The minimum Gasteiger partial charge on any atom is -0.396 e. The molecule has 0 bridgehead atoms. The van der Waals surface area contributed by atoms with Gasteiger partial charge in [-0.05, 0) is 31.4 Å². The highest BCUT2D eigenvalue weighted by Crippen LogP contribution is 2.34. The Hall–Kier alpha value is 0.710. The minimum atomic E-state index is 0.143. The molecule has 0 aromatic rings. The van der Waals surface area contributed by atoms with E-state index in [1.807, 2.05) is 11.8 Å². The molecule has 24 heavy (non-hydrogen) atoms. The maximum atomic E-state index is 8.93. The second kappa shape index (κ2) is 17.1. The molecule has 2 nitrogen and oxygen atoms in total. The Labute approximate surface area is 164 Å². The number of hydrogen-bond donors (Lipinski definition) is 2. The molecule has 0 aliphatic heterocycles. The third-order valence-electron chi connectivity index (χ3n) is 4.07. The van der Waals surface area contributed by atoms with Crippen LogP contribution in [0.4, 0.5) is 0 Å². The van der Waals surface area contributed by atoms with E-state index in [9.17, 15) is 0 Å². The van der Waals surface area contributed by atoms with Crippen LogP contribution in [0.15, 0.2) is 0 Å². The summed E-state index contributed by atoms with van der Waals surface area (Å²) in [4.78, 5) is 0. The van der Waals surface area contributed by atoms with Crippen molar-refractivity contribution in [3.63, 3.8) is 0 Å². The monoisotopic (exact) mass is 394 g/mol. The fourth-order valence-electron chi connectivity index (χ4n) is 2.59. The van der Waals surface area contributed by atoms with Crippen LogP contribution >= 0.6 is 35.7 Å². The van der Waals surface area contributed by atoms with Crippen LogP contribution in [0.5, 0.6) is 0 Å². The Balaban J connectivity index is 3.36. The summed E-state index contributed by atoms with van der Waals surface area (Å²) in [6.07, 6.45) is 14.6. The van der Waals surface area contributed by atoms with E-state index >= 15 is 0 Å². The molecule has 0 aliphatic carbocycles. The number of aliphatic hydroxyl groups excluding tert-OH is 2. The van der Waals surface area contributed by atoms with Crippen molar-refractivity contribution >= 4 is 39.3 Å². The van der Waals surface area contributed by atoms with Crippen LogP contribution in [-0.4, -0.2) is 37.5 Å². The molecule has 0 aromatic carbocycles. The first-order valence-corrected chi connectivity index (χ1v) is 11.8. The van der Waals surface area contributed by atoms with Gasteiger partial charge in [0.15, 0.2) is 0 Å². The maximum Gasteiger partial charge on any atom is 0.104 e. The summed E-state index contributed by atoms with van der Waals surface area (Å²) in [5.41, 5.74) is 0. The summed E-state index contributed by atoms with van der Waals surface area (Å²) in [6.45, 7) is 5.04. The fraction of sp³-hybridized carbons (Fsp3) is 0.947. The second-order valence-electron chi connectivity index (χ2n) is 7.05. The van der Waals surface area contributed by atoms with Crippen molar-refractivity contribution in [2.24, 2.45) is 0 Å². The van der Waals surface area contributed by atoms with Crippen molar-refractivity contribution < 1.29 is 10.2 Å². The van der Waals surface area contributed by atoms with E-state index in [2.05, 4.69) is 13.8 Å². The molecule has 144 valence electrons. The van der Waals surface area contributed by atoms with Crippen molar-refractivity contribution in [3.8, 4) is 0 Å². The van der Waals surface area contributed by atoms with Gasteiger partial charge >= 0.3 is 0 Å². The second-order valence-corrected chi connectivity index (χ2v) is 11.1. The van der Waals surface area contributed by atoms with Gasteiger partial charge in [-0.2, -0.15) is 0 Å². The summed E-state index contributed by atoms with van der Waals surface area (Å²) in [5.74, 6) is 1.14. The smallest absolute Gasteiger partial charge is 0.104 e. The molecule has 0 saturated carbocycles. The van der Waals surface area contributed by atoms with E-state index in [-0.39, 0.29) is 11.4 Å². The molecule has 0 aromatic heterocycles. The molecule has 2 N–H and O–H groups in total. The molecule has 0 spiro atoms. The van der Waals surface area contributed by atoms with Gasteiger partial charge in [0, 0.05) is 18.0 Å². The van der Waals surface area contributed by atoms with Gasteiger partial charge in [-0.25, -0.2) is 0 Å². The molecule has 0 radical (unpaired) electrons. The third kappa shape index (κ3) is 17.5. The largest absolute Gasteiger partial charge is 0.396 e. The van der Waals surface area contributed by atoms with E-state index in [0.717, 1.165) is 28.5 Å². The average molecular weight is 395 g/mol. The van der Waals surface area contributed by atoms with Crippen molar-refractivity contribution in [1.29, 1.82) is 0 Å². The molecule has 0 aliphatic rings. The Morgan fingerprint density at radius 2 is 1.21 bits per heavy atom. The maximum absolute atomic E-state index is 8.93. The first-order chi connectivity index (χ1) is 11.5. The molecule has 0 unspecified atom stereocenters. The van der Waals surface area contributed by atoms with Crippen LogP contribution in [-0.2, 0) is 0 Å². The molecule has 0 rings (SSSR count). The number of thiocarbonyl (C=S) groups is 1. The van der Waals surface area contributed by atoms with Crippen molar-refractivity contribution in [2.75, 3.05) is 19.0 Å². The summed E-state index contributed by atoms with van der Waals surface area (Å²) < 4.78 is 1.20. The van der Waals surface area contributed by atoms with Crippen LogP contribution in [0.25, 0.3) is 0 Å². The Morgan fingerprint density at radius 1 is 0.750 bits per heavy atom. The van der Waals surface area contributed by atoms with E-state index in [4.69, 9.17) is 22.4 Å². The predicted octanol–water partition coefficient (Wildman–Crippen LogP) is 6.18. The highest BCUT2D eigenvalue weighted by atomic mass is 32.2. The van der Waals surface area contributed by atoms with Gasteiger partial charge in [0.25, 0.3) is 0 Å². The Bertz CT molecular complexity index is 296. The molecule has 0 heterocycles. The van der Waals surface area contributed by atoms with E-state index in [0.29, 0.717) is 6.61 Å². The number of thioether (sulfide) groups is 2. The molecular weight excluding hydrogens is 356 g/mol. The lowest BCUT2D eigenvalue weighted by atomic mass is 10.1. The lowest BCUT2D eigenvalue weighted by Crippen LogP contribution is -2.16. The quantitative estimate of drug-likeness (QED) is 0.241. The van der Waals surface area contributed by atoms with Gasteiger partial charge in [-0.1, -0.05) is 77.4 Å². The van der Waals surface area contributed by atoms with Gasteiger partial charge in [-0.15, -0.1) is 23.5 Å². The Morgan fingerprint density at radius 3 is 1.71 bits per heavy atom. The highest BCUT2D eigenvalue weighted by molar-refractivity contribution is 8.47. The van der Waals surface area contributed by atoms with Crippen molar-refractivity contribution in [3.05, 3.63) is 0 Å². The third-order valence-corrected chi connectivity index (χ3v) is 6.93. The lowest BCUT2D eigenvalue weighted by Gasteiger charge is -2.23. The van der Waals surface area contributed by atoms with Gasteiger partial charge in [-0.3, -0.25) is 0 Å². The van der Waals surface area contributed by atoms with Crippen molar-refractivity contribution in [2.45, 2.75) is 95.6 Å². The average Bonchev–Trinajstić information content (AvgIpc) is 2.53. The number of unbranched alkanes of at least 4 members (excludes halogenated alkanes) is 9. The van der Waals surface area contributed by atoms with Gasteiger partial charge in [0.1, 0.15) is 3.53 Å². The molecule has 0 amide bonds. The van der Waals surface area contributed by atoms with Crippen LogP contribution in [0, 0.1) is 0 Å². The van der Waals surface area contributed by atoms with E-state index in [1.165, 1.54) is 57.8 Å². The zero-order valence-corrected chi connectivity index (χ0v) is 18.2. The Kier molecular flexibility index (Phi) is 17.6. The van der Waals surface area contributed by atoms with E-state index in [1.54, 1.807) is 11.8 Å². The first-order valence-electron chi connectivity index (χ1n) is 9.59. The number of hydrogen-bond acceptors (Lipinski definition) is 5. The number of rotatable bonds is 16. The topological polar surface area (TPSA) is 40.5 Å². The molecule has 0 fully saturated rings. The van der Waals surface area contributed by atoms with Gasteiger partial charge in [0.05, 0.1) is 0 Å². The summed E-state index contributed by atoms with van der Waals surface area (Å²) >= 11 is 9.10. The zero-order chi connectivity index (χ0) is 18.1. The summed E-state index contributed by atoms with van der Waals surface area (Å²) in [7, 11) is 0. The first kappa shape index (κ1) is 24.7. The number of aliphatic hydroxyl groups is 2. The SMILES string of the molecule is CC(C)(CCCO)SC(=S)SCCCCCCCCCCCCO. The summed E-state index contributed by atoms with van der Waals surface area (Å²) in [5, 5.41) is 17.6. The standard InChI is InChI=1S/C19H38O2S3/c1-19(2,14-13-16-21)24-18(22)23-17-12-10-8-6-4-3-5-7-9-11-15-20/h20-21H,3-17H2,1-2H3. The van der Waals surface area contributed by atoms with Crippen LogP contribution < -0.4 is 0 Å². The van der Waals surface area contributed by atoms with Crippen molar-refractivity contribution in [1.82, 2.24) is 0 Å². The van der Waals surface area contributed by atoms with E-state index < -0.39 is 0 Å². The lowest BCUT2D eigenvalue weighted by molar-refractivity contribution is 0.279. The van der Waals surface area contributed by atoms with Crippen LogP contribution in [0.1, 0.15) is 90.9 Å². The minimum absolute atomic E-state index is 0.143. The molecule has 5 heteroatoms. The zero-order valence-electron chi connectivity index (χ0n) is 15.7. The molecular formula is C19H38O2S3. The molecule has 0 atom stereocenters. The fourth-order valence-corrected chi connectivity index (χ4v) is 5.90. The van der Waals surface area contributed by atoms with Gasteiger partial charge in [0.2, 0.25) is 0 Å².